The summed E-state index contributed by atoms with van der Waals surface area (Å²) in [6.45, 7) is 0. The number of carboxylic acid groups (broad SMARTS) is 1. The molecular formula is C15H17F3O3. The fourth-order valence-corrected chi connectivity index (χ4v) is 3.16. The summed E-state index contributed by atoms with van der Waals surface area (Å²) < 4.78 is 45.0. The lowest BCUT2D eigenvalue weighted by Gasteiger charge is -2.36. The second kappa shape index (κ2) is 5.58. The summed E-state index contributed by atoms with van der Waals surface area (Å²) in [7, 11) is 1.26. The van der Waals surface area contributed by atoms with E-state index >= 15 is 0 Å². The average molecular weight is 302 g/mol. The van der Waals surface area contributed by atoms with Gasteiger partial charge in [-0.15, -0.1) is 0 Å². The molecule has 0 aliphatic heterocycles. The number of benzene rings is 1. The Morgan fingerprint density at radius 1 is 1.24 bits per heavy atom. The zero-order valence-electron chi connectivity index (χ0n) is 11.7. The van der Waals surface area contributed by atoms with E-state index in [1.165, 1.54) is 19.2 Å². The number of methoxy groups -OCH3 is 1. The van der Waals surface area contributed by atoms with Crippen LogP contribution in [0.5, 0.6) is 5.75 Å². The molecule has 1 aromatic carbocycles. The highest BCUT2D eigenvalue weighted by atomic mass is 19.4. The minimum Gasteiger partial charge on any atom is -0.496 e. The number of hydrogen-bond donors (Lipinski definition) is 1. The van der Waals surface area contributed by atoms with Gasteiger partial charge in [0.2, 0.25) is 0 Å². The Balaban J connectivity index is 2.72. The van der Waals surface area contributed by atoms with E-state index in [0.717, 1.165) is 12.5 Å². The molecule has 2 rings (SSSR count). The lowest BCUT2D eigenvalue weighted by Crippen LogP contribution is -2.40. The number of carboxylic acids is 1. The van der Waals surface area contributed by atoms with Crippen molar-refractivity contribution in [3.8, 4) is 5.75 Å². The normalized spacial score (nSPS) is 18.3. The smallest absolute Gasteiger partial charge is 0.416 e. The third kappa shape index (κ3) is 2.71. The Hall–Kier alpha value is -1.72. The molecule has 0 unspecified atom stereocenters. The van der Waals surface area contributed by atoms with Crippen LogP contribution in [-0.4, -0.2) is 18.2 Å². The average Bonchev–Trinajstić information content (AvgIpc) is 2.46. The fourth-order valence-electron chi connectivity index (χ4n) is 3.16. The summed E-state index contributed by atoms with van der Waals surface area (Å²) in [5.74, 6) is -1.22. The molecule has 0 bridgehead atoms. The lowest BCUT2D eigenvalue weighted by molar-refractivity contribution is -0.147. The Bertz CT molecular complexity index is 531. The maximum absolute atomic E-state index is 13.3. The van der Waals surface area contributed by atoms with Gasteiger partial charge in [-0.1, -0.05) is 25.3 Å². The molecule has 0 amide bonds. The highest BCUT2D eigenvalue weighted by molar-refractivity contribution is 5.83. The van der Waals surface area contributed by atoms with Crippen molar-refractivity contribution in [2.24, 2.45) is 0 Å². The molecule has 0 saturated heterocycles. The van der Waals surface area contributed by atoms with Crippen LogP contribution in [0.1, 0.15) is 43.2 Å². The molecule has 1 saturated carbocycles. The predicted molar refractivity (Wildman–Crippen MR) is 70.4 cm³/mol. The van der Waals surface area contributed by atoms with Gasteiger partial charge < -0.3 is 9.84 Å². The second-order valence-corrected chi connectivity index (χ2v) is 5.33. The molecule has 6 heteroatoms. The molecule has 1 aliphatic rings. The first-order chi connectivity index (χ1) is 9.83. The van der Waals surface area contributed by atoms with E-state index in [4.69, 9.17) is 4.74 Å². The third-order valence-corrected chi connectivity index (χ3v) is 4.15. The Morgan fingerprint density at radius 2 is 1.86 bits per heavy atom. The van der Waals surface area contributed by atoms with Gasteiger partial charge in [0, 0.05) is 5.56 Å². The summed E-state index contributed by atoms with van der Waals surface area (Å²) >= 11 is 0. The summed E-state index contributed by atoms with van der Waals surface area (Å²) in [6, 6.07) is 3.56. The summed E-state index contributed by atoms with van der Waals surface area (Å²) in [4.78, 5) is 11.8. The minimum atomic E-state index is -4.61. The van der Waals surface area contributed by atoms with Crippen molar-refractivity contribution in [3.05, 3.63) is 29.3 Å². The Morgan fingerprint density at radius 3 is 2.33 bits per heavy atom. The quantitative estimate of drug-likeness (QED) is 0.918. The van der Waals surface area contributed by atoms with Gasteiger partial charge in [-0.05, 0) is 25.0 Å². The molecule has 0 atom stereocenters. The number of halogens is 3. The van der Waals surface area contributed by atoms with Crippen molar-refractivity contribution < 1.29 is 27.8 Å². The van der Waals surface area contributed by atoms with E-state index in [2.05, 4.69) is 0 Å². The highest BCUT2D eigenvalue weighted by Gasteiger charge is 2.49. The highest BCUT2D eigenvalue weighted by Crippen LogP contribution is 2.48. The third-order valence-electron chi connectivity index (χ3n) is 4.15. The number of rotatable bonds is 3. The van der Waals surface area contributed by atoms with E-state index in [9.17, 15) is 23.1 Å². The first-order valence-corrected chi connectivity index (χ1v) is 6.81. The largest absolute Gasteiger partial charge is 0.496 e. The standard InChI is InChI=1S/C15H17F3O3/c1-21-11-7-5-6-10(15(16,17)18)12(11)14(13(19)20)8-3-2-4-9-14/h5-7H,2-4,8-9H2,1H3,(H,19,20). The van der Waals surface area contributed by atoms with Crippen molar-refractivity contribution in [1.29, 1.82) is 0 Å². The SMILES string of the molecule is COc1cccc(C(F)(F)F)c1C1(C(=O)O)CCCCC1. The second-order valence-electron chi connectivity index (χ2n) is 5.33. The summed E-state index contributed by atoms with van der Waals surface area (Å²) in [5.41, 5.74) is -2.66. The minimum absolute atomic E-state index is 0.00544. The molecule has 0 radical (unpaired) electrons. The van der Waals surface area contributed by atoms with E-state index < -0.39 is 23.1 Å². The molecule has 1 fully saturated rings. The molecule has 1 N–H and O–H groups in total. The van der Waals surface area contributed by atoms with Gasteiger partial charge in [0.1, 0.15) is 5.75 Å². The van der Waals surface area contributed by atoms with Crippen LogP contribution >= 0.6 is 0 Å². The topological polar surface area (TPSA) is 46.5 Å². The zero-order valence-corrected chi connectivity index (χ0v) is 11.7. The molecule has 0 aromatic heterocycles. The van der Waals surface area contributed by atoms with Crippen LogP contribution in [-0.2, 0) is 16.4 Å². The number of alkyl halides is 3. The van der Waals surface area contributed by atoms with E-state index in [0.29, 0.717) is 12.8 Å². The van der Waals surface area contributed by atoms with Crippen molar-refractivity contribution >= 4 is 5.97 Å². The van der Waals surface area contributed by atoms with E-state index in [1.807, 2.05) is 0 Å². The van der Waals surface area contributed by atoms with Crippen LogP contribution in [0.3, 0.4) is 0 Å². The van der Waals surface area contributed by atoms with Gasteiger partial charge in [-0.3, -0.25) is 4.79 Å². The molecule has 0 heterocycles. The van der Waals surface area contributed by atoms with Crippen molar-refractivity contribution in [1.82, 2.24) is 0 Å². The molecule has 1 aromatic rings. The molecule has 3 nitrogen and oxygen atoms in total. The van der Waals surface area contributed by atoms with Gasteiger partial charge in [0.05, 0.1) is 18.1 Å². The first-order valence-electron chi connectivity index (χ1n) is 6.81. The molecule has 1 aliphatic carbocycles. The zero-order chi connectivity index (χ0) is 15.7. The van der Waals surface area contributed by atoms with Crippen LogP contribution in [0.2, 0.25) is 0 Å². The van der Waals surface area contributed by atoms with Gasteiger partial charge in [0.15, 0.2) is 0 Å². The first kappa shape index (κ1) is 15.7. The monoisotopic (exact) mass is 302 g/mol. The Kier molecular flexibility index (Phi) is 4.16. The molecule has 116 valence electrons. The number of hydrogen-bond acceptors (Lipinski definition) is 2. The van der Waals surface area contributed by atoms with Crippen LogP contribution in [0, 0.1) is 0 Å². The maximum atomic E-state index is 13.3. The van der Waals surface area contributed by atoms with Gasteiger partial charge in [-0.2, -0.15) is 13.2 Å². The van der Waals surface area contributed by atoms with E-state index in [-0.39, 0.29) is 24.2 Å². The van der Waals surface area contributed by atoms with Crippen molar-refractivity contribution in [2.45, 2.75) is 43.7 Å². The van der Waals surface area contributed by atoms with Crippen LogP contribution in [0.4, 0.5) is 13.2 Å². The summed E-state index contributed by atoms with van der Waals surface area (Å²) in [6.07, 6.45) is -2.17. The van der Waals surface area contributed by atoms with Crippen LogP contribution in [0.15, 0.2) is 18.2 Å². The molecular weight excluding hydrogens is 285 g/mol. The number of aliphatic carboxylic acids is 1. The van der Waals surface area contributed by atoms with Crippen LogP contribution < -0.4 is 4.74 Å². The molecule has 0 spiro atoms. The van der Waals surface area contributed by atoms with Gasteiger partial charge in [-0.25, -0.2) is 0 Å². The maximum Gasteiger partial charge on any atom is 0.416 e. The van der Waals surface area contributed by atoms with Crippen molar-refractivity contribution in [2.75, 3.05) is 7.11 Å². The van der Waals surface area contributed by atoms with E-state index in [1.54, 1.807) is 0 Å². The number of carbonyl (C=O) groups is 1. The predicted octanol–water partition coefficient (Wildman–Crippen LogP) is 4.00. The lowest BCUT2D eigenvalue weighted by atomic mass is 9.67. The number of ether oxygens (including phenoxy) is 1. The fraction of sp³-hybridized carbons (Fsp3) is 0.533. The van der Waals surface area contributed by atoms with Crippen LogP contribution in [0.25, 0.3) is 0 Å². The van der Waals surface area contributed by atoms with Gasteiger partial charge >= 0.3 is 12.1 Å². The summed E-state index contributed by atoms with van der Waals surface area (Å²) in [5, 5.41) is 9.63. The van der Waals surface area contributed by atoms with Gasteiger partial charge in [0.25, 0.3) is 0 Å². The van der Waals surface area contributed by atoms with Crippen molar-refractivity contribution in [3.63, 3.8) is 0 Å². The Labute approximate surface area is 120 Å². The molecule has 21 heavy (non-hydrogen) atoms.